The molecule has 5 nitrogen and oxygen atoms in total. The molecule has 2 aromatic carbocycles. The highest BCUT2D eigenvalue weighted by molar-refractivity contribution is 7.13. The van der Waals surface area contributed by atoms with Gasteiger partial charge in [0.05, 0.1) is 22.9 Å². The van der Waals surface area contributed by atoms with Crippen LogP contribution in [-0.2, 0) is 5.54 Å². The van der Waals surface area contributed by atoms with Gasteiger partial charge in [-0.2, -0.15) is 0 Å². The van der Waals surface area contributed by atoms with Gasteiger partial charge in [0.1, 0.15) is 5.01 Å². The second-order valence-electron chi connectivity index (χ2n) is 6.18. The molecule has 0 aliphatic heterocycles. The standard InChI is InChI=1S/C19H19N5S/c1-12-9-25-18(24-12)13-2-4-14(5-3-13)19(21,10-20)15-6-7-16-17(8-15)23-11-22-16/h2-9,11H,10,20-21H2,1H3,(H,22,23). The molecule has 0 bridgehead atoms. The van der Waals surface area contributed by atoms with Crippen LogP contribution in [0.5, 0.6) is 0 Å². The van der Waals surface area contributed by atoms with E-state index in [1.54, 1.807) is 17.7 Å². The summed E-state index contributed by atoms with van der Waals surface area (Å²) in [5.74, 6) is 0. The lowest BCUT2D eigenvalue weighted by molar-refractivity contribution is 0.552. The molecule has 0 aliphatic carbocycles. The molecule has 0 fully saturated rings. The predicted molar refractivity (Wildman–Crippen MR) is 102 cm³/mol. The molecule has 0 saturated heterocycles. The number of thiazole rings is 1. The Morgan fingerprint density at radius 3 is 2.56 bits per heavy atom. The number of H-pyrrole nitrogens is 1. The van der Waals surface area contributed by atoms with E-state index in [-0.39, 0.29) is 0 Å². The fourth-order valence-electron chi connectivity index (χ4n) is 3.01. The lowest BCUT2D eigenvalue weighted by Gasteiger charge is -2.29. The van der Waals surface area contributed by atoms with Crippen molar-refractivity contribution in [2.45, 2.75) is 12.5 Å². The summed E-state index contributed by atoms with van der Waals surface area (Å²) in [6, 6.07) is 14.2. The fraction of sp³-hybridized carbons (Fsp3) is 0.158. The predicted octanol–water partition coefficient (Wildman–Crippen LogP) is 3.16. The van der Waals surface area contributed by atoms with E-state index in [1.807, 2.05) is 37.3 Å². The minimum absolute atomic E-state index is 0.308. The molecule has 1 atom stereocenters. The summed E-state index contributed by atoms with van der Waals surface area (Å²) in [6.07, 6.45) is 1.68. The number of fused-ring (bicyclic) bond motifs is 1. The van der Waals surface area contributed by atoms with Crippen molar-refractivity contribution in [3.05, 3.63) is 71.0 Å². The van der Waals surface area contributed by atoms with Crippen molar-refractivity contribution in [3.8, 4) is 10.6 Å². The molecule has 0 saturated carbocycles. The van der Waals surface area contributed by atoms with Crippen LogP contribution in [0.1, 0.15) is 16.8 Å². The monoisotopic (exact) mass is 349 g/mol. The van der Waals surface area contributed by atoms with Crippen LogP contribution in [0.3, 0.4) is 0 Å². The third-order valence-corrected chi connectivity index (χ3v) is 5.53. The van der Waals surface area contributed by atoms with Crippen LogP contribution >= 0.6 is 11.3 Å². The van der Waals surface area contributed by atoms with Gasteiger partial charge >= 0.3 is 0 Å². The van der Waals surface area contributed by atoms with Gasteiger partial charge in [0, 0.05) is 23.2 Å². The molecule has 0 amide bonds. The maximum atomic E-state index is 6.72. The number of aromatic amines is 1. The van der Waals surface area contributed by atoms with Crippen LogP contribution in [-0.4, -0.2) is 21.5 Å². The van der Waals surface area contributed by atoms with E-state index in [4.69, 9.17) is 11.5 Å². The van der Waals surface area contributed by atoms with Gasteiger partial charge in [-0.25, -0.2) is 9.97 Å². The van der Waals surface area contributed by atoms with E-state index in [2.05, 4.69) is 32.5 Å². The molecular weight excluding hydrogens is 330 g/mol. The number of nitrogens with one attached hydrogen (secondary N) is 1. The first-order valence-electron chi connectivity index (χ1n) is 8.06. The topological polar surface area (TPSA) is 93.6 Å². The van der Waals surface area contributed by atoms with Gasteiger partial charge in [-0.3, -0.25) is 0 Å². The molecule has 2 heterocycles. The number of rotatable bonds is 4. The van der Waals surface area contributed by atoms with Gasteiger partial charge in [0.2, 0.25) is 0 Å². The van der Waals surface area contributed by atoms with Crippen molar-refractivity contribution >= 4 is 22.4 Å². The molecule has 1 unspecified atom stereocenters. The van der Waals surface area contributed by atoms with Crippen molar-refractivity contribution in [3.63, 3.8) is 0 Å². The van der Waals surface area contributed by atoms with Crippen LogP contribution in [0.15, 0.2) is 54.2 Å². The van der Waals surface area contributed by atoms with Crippen molar-refractivity contribution < 1.29 is 0 Å². The quantitative estimate of drug-likeness (QED) is 0.527. The Hall–Kier alpha value is -2.54. The maximum Gasteiger partial charge on any atom is 0.123 e. The first kappa shape index (κ1) is 16.0. The van der Waals surface area contributed by atoms with E-state index >= 15 is 0 Å². The molecule has 4 aromatic rings. The van der Waals surface area contributed by atoms with Crippen molar-refractivity contribution in [1.29, 1.82) is 0 Å². The maximum absolute atomic E-state index is 6.72. The number of imidazole rings is 1. The minimum atomic E-state index is -0.753. The number of aromatic nitrogens is 3. The molecule has 2 aromatic heterocycles. The Balaban J connectivity index is 1.74. The molecule has 0 spiro atoms. The third-order valence-electron chi connectivity index (χ3n) is 4.52. The number of nitrogens with two attached hydrogens (primary N) is 2. The Bertz CT molecular complexity index is 1020. The molecule has 126 valence electrons. The third kappa shape index (κ3) is 2.74. The van der Waals surface area contributed by atoms with Crippen LogP contribution < -0.4 is 11.5 Å². The van der Waals surface area contributed by atoms with Crippen LogP contribution in [0.2, 0.25) is 0 Å². The summed E-state index contributed by atoms with van der Waals surface area (Å²) >= 11 is 1.64. The van der Waals surface area contributed by atoms with Crippen molar-refractivity contribution in [1.82, 2.24) is 15.0 Å². The SMILES string of the molecule is Cc1csc(-c2ccc(C(N)(CN)c3ccc4nc[nH]c4c3)cc2)n1. The van der Waals surface area contributed by atoms with E-state index in [9.17, 15) is 0 Å². The second-order valence-corrected chi connectivity index (χ2v) is 7.04. The largest absolute Gasteiger partial charge is 0.345 e. The summed E-state index contributed by atoms with van der Waals surface area (Å²) in [5, 5.41) is 3.06. The molecule has 6 heteroatoms. The lowest BCUT2D eigenvalue weighted by Crippen LogP contribution is -2.45. The Morgan fingerprint density at radius 2 is 1.88 bits per heavy atom. The lowest BCUT2D eigenvalue weighted by atomic mass is 9.83. The van der Waals surface area contributed by atoms with E-state index in [0.717, 1.165) is 38.4 Å². The van der Waals surface area contributed by atoms with E-state index in [1.165, 1.54) is 0 Å². The number of nitrogens with zero attached hydrogens (tertiary/aromatic N) is 2. The van der Waals surface area contributed by atoms with Crippen LogP contribution in [0.4, 0.5) is 0 Å². The van der Waals surface area contributed by atoms with Gasteiger partial charge in [-0.1, -0.05) is 30.3 Å². The second kappa shape index (κ2) is 6.07. The molecule has 25 heavy (non-hydrogen) atoms. The minimum Gasteiger partial charge on any atom is -0.345 e. The normalized spacial score (nSPS) is 13.9. The van der Waals surface area contributed by atoms with E-state index < -0.39 is 5.54 Å². The molecular formula is C19H19N5S. The highest BCUT2D eigenvalue weighted by Crippen LogP contribution is 2.30. The highest BCUT2D eigenvalue weighted by atomic mass is 32.1. The number of benzene rings is 2. The highest BCUT2D eigenvalue weighted by Gasteiger charge is 2.28. The molecule has 4 rings (SSSR count). The first-order chi connectivity index (χ1) is 12.1. The smallest absolute Gasteiger partial charge is 0.123 e. The zero-order valence-corrected chi connectivity index (χ0v) is 14.7. The summed E-state index contributed by atoms with van der Waals surface area (Å²) < 4.78 is 0. The molecule has 5 N–H and O–H groups in total. The van der Waals surface area contributed by atoms with Gasteiger partial charge < -0.3 is 16.5 Å². The summed E-state index contributed by atoms with van der Waals surface area (Å²) in [4.78, 5) is 11.9. The van der Waals surface area contributed by atoms with Gasteiger partial charge in [0.15, 0.2) is 0 Å². The Labute approximate surface area is 149 Å². The van der Waals surface area contributed by atoms with Gasteiger partial charge in [-0.15, -0.1) is 11.3 Å². The van der Waals surface area contributed by atoms with Crippen molar-refractivity contribution in [2.24, 2.45) is 11.5 Å². The van der Waals surface area contributed by atoms with Crippen LogP contribution in [0, 0.1) is 6.92 Å². The number of hydrogen-bond acceptors (Lipinski definition) is 5. The zero-order valence-electron chi connectivity index (χ0n) is 13.9. The number of hydrogen-bond donors (Lipinski definition) is 3. The zero-order chi connectivity index (χ0) is 17.4. The summed E-state index contributed by atoms with van der Waals surface area (Å²) in [5.41, 5.74) is 18.0. The first-order valence-corrected chi connectivity index (χ1v) is 8.94. The van der Waals surface area contributed by atoms with E-state index in [0.29, 0.717) is 6.54 Å². The summed E-state index contributed by atoms with van der Waals surface area (Å²) in [6.45, 7) is 2.31. The summed E-state index contributed by atoms with van der Waals surface area (Å²) in [7, 11) is 0. The average molecular weight is 349 g/mol. The van der Waals surface area contributed by atoms with Crippen molar-refractivity contribution in [2.75, 3.05) is 6.54 Å². The number of aryl methyl sites for hydroxylation is 1. The van der Waals surface area contributed by atoms with Gasteiger partial charge in [-0.05, 0) is 30.2 Å². The van der Waals surface area contributed by atoms with Crippen LogP contribution in [0.25, 0.3) is 21.6 Å². The van der Waals surface area contributed by atoms with Gasteiger partial charge in [0.25, 0.3) is 0 Å². The molecule has 0 radical (unpaired) electrons. The Kier molecular flexibility index (Phi) is 3.88. The Morgan fingerprint density at radius 1 is 1.12 bits per heavy atom. The fourth-order valence-corrected chi connectivity index (χ4v) is 3.82. The average Bonchev–Trinajstić information content (AvgIpc) is 3.29. The molecule has 0 aliphatic rings.